The zero-order valence-corrected chi connectivity index (χ0v) is 20.8. The molecule has 11 heteroatoms. The first-order valence-electron chi connectivity index (χ1n) is 10.7. The second-order valence-corrected chi connectivity index (χ2v) is 10.9. The Balaban J connectivity index is 2.07. The van der Waals surface area contributed by atoms with Crippen LogP contribution in [0.3, 0.4) is 0 Å². The van der Waals surface area contributed by atoms with Gasteiger partial charge >= 0.3 is 12.2 Å². The van der Waals surface area contributed by atoms with E-state index in [0.717, 1.165) is 11.8 Å². The van der Waals surface area contributed by atoms with Crippen molar-refractivity contribution in [2.24, 2.45) is 0 Å². The summed E-state index contributed by atoms with van der Waals surface area (Å²) >= 11 is 0. The molecule has 0 bridgehead atoms. The number of rotatable bonds is 8. The SMILES string of the molecule is CC(C)(C)OC(=O)N1C(CCOS(C)(=O)=O)C(CNC(=O)OCc2ccccc2)OC1(C)C. The molecule has 0 saturated carbocycles. The van der Waals surface area contributed by atoms with Crippen LogP contribution in [0.25, 0.3) is 0 Å². The van der Waals surface area contributed by atoms with E-state index in [1.165, 1.54) is 4.90 Å². The van der Waals surface area contributed by atoms with Gasteiger partial charge < -0.3 is 19.5 Å². The van der Waals surface area contributed by atoms with Crippen LogP contribution in [0, 0.1) is 0 Å². The summed E-state index contributed by atoms with van der Waals surface area (Å²) in [6, 6.07) is 8.64. The number of hydrogen-bond donors (Lipinski definition) is 1. The minimum atomic E-state index is -3.65. The Morgan fingerprint density at radius 3 is 2.39 bits per heavy atom. The molecule has 10 nitrogen and oxygen atoms in total. The van der Waals surface area contributed by atoms with Gasteiger partial charge in [0.15, 0.2) is 0 Å². The molecule has 0 spiro atoms. The maximum atomic E-state index is 12.9. The number of alkyl carbamates (subject to hydrolysis) is 1. The molecule has 1 aromatic carbocycles. The average molecular weight is 487 g/mol. The highest BCUT2D eigenvalue weighted by Gasteiger charge is 2.51. The third-order valence-corrected chi connectivity index (χ3v) is 5.34. The van der Waals surface area contributed by atoms with Crippen LogP contribution >= 0.6 is 0 Å². The summed E-state index contributed by atoms with van der Waals surface area (Å²) in [6.45, 7) is 8.65. The summed E-state index contributed by atoms with van der Waals surface area (Å²) in [5.41, 5.74) is -0.950. The Labute approximate surface area is 195 Å². The first kappa shape index (κ1) is 26.9. The van der Waals surface area contributed by atoms with Crippen molar-refractivity contribution in [1.82, 2.24) is 10.2 Å². The van der Waals surface area contributed by atoms with Crippen molar-refractivity contribution in [3.05, 3.63) is 35.9 Å². The summed E-state index contributed by atoms with van der Waals surface area (Å²) in [7, 11) is -3.65. The van der Waals surface area contributed by atoms with Gasteiger partial charge in [-0.25, -0.2) is 9.59 Å². The van der Waals surface area contributed by atoms with Crippen molar-refractivity contribution in [3.63, 3.8) is 0 Å². The Morgan fingerprint density at radius 2 is 1.82 bits per heavy atom. The summed E-state index contributed by atoms with van der Waals surface area (Å²) < 4.78 is 44.5. The molecule has 2 unspecified atom stereocenters. The van der Waals surface area contributed by atoms with Gasteiger partial charge in [-0.1, -0.05) is 30.3 Å². The predicted molar refractivity (Wildman–Crippen MR) is 121 cm³/mol. The van der Waals surface area contributed by atoms with Crippen molar-refractivity contribution in [3.8, 4) is 0 Å². The Hall–Kier alpha value is -2.37. The fourth-order valence-corrected chi connectivity index (χ4v) is 3.91. The molecular formula is C22H34N2O8S. The van der Waals surface area contributed by atoms with Crippen LogP contribution in [0.2, 0.25) is 0 Å². The first-order chi connectivity index (χ1) is 15.2. The lowest BCUT2D eigenvalue weighted by molar-refractivity contribution is -0.0782. The molecule has 2 rings (SSSR count). The molecule has 1 aromatic rings. The van der Waals surface area contributed by atoms with Crippen LogP contribution in [0.15, 0.2) is 30.3 Å². The van der Waals surface area contributed by atoms with Gasteiger partial charge in [0.05, 0.1) is 25.0 Å². The van der Waals surface area contributed by atoms with Gasteiger partial charge in [-0.3, -0.25) is 9.08 Å². The number of carbonyl (C=O) groups excluding carboxylic acids is 2. The van der Waals surface area contributed by atoms with Gasteiger partial charge in [0.1, 0.15) is 17.9 Å². The summed E-state index contributed by atoms with van der Waals surface area (Å²) in [4.78, 5) is 26.6. The van der Waals surface area contributed by atoms with Crippen LogP contribution in [0.1, 0.15) is 46.6 Å². The molecule has 1 fully saturated rings. The van der Waals surface area contributed by atoms with Gasteiger partial charge in [0, 0.05) is 6.54 Å². The number of hydrogen-bond acceptors (Lipinski definition) is 8. The molecule has 0 aromatic heterocycles. The van der Waals surface area contributed by atoms with E-state index in [4.69, 9.17) is 18.4 Å². The van der Waals surface area contributed by atoms with E-state index in [-0.39, 0.29) is 26.2 Å². The fourth-order valence-electron chi connectivity index (χ4n) is 3.51. The number of benzene rings is 1. The van der Waals surface area contributed by atoms with Gasteiger partial charge in [-0.15, -0.1) is 0 Å². The smallest absolute Gasteiger partial charge is 0.412 e. The average Bonchev–Trinajstić information content (AvgIpc) is 2.93. The normalized spacial score (nSPS) is 20.4. The number of nitrogens with one attached hydrogen (secondary N) is 1. The summed E-state index contributed by atoms with van der Waals surface area (Å²) in [5.74, 6) is 0. The maximum absolute atomic E-state index is 12.9. The molecule has 1 heterocycles. The van der Waals surface area contributed by atoms with Crippen LogP contribution in [-0.4, -0.2) is 68.4 Å². The third kappa shape index (κ3) is 8.82. The maximum Gasteiger partial charge on any atom is 0.412 e. The van der Waals surface area contributed by atoms with Crippen molar-refractivity contribution in [2.45, 2.75) is 71.1 Å². The van der Waals surface area contributed by atoms with Crippen LogP contribution in [0.5, 0.6) is 0 Å². The quantitative estimate of drug-likeness (QED) is 0.557. The number of ether oxygens (including phenoxy) is 3. The Kier molecular flexibility index (Phi) is 8.72. The zero-order valence-electron chi connectivity index (χ0n) is 20.0. The second-order valence-electron chi connectivity index (χ2n) is 9.28. The van der Waals surface area contributed by atoms with Gasteiger partial charge in [-0.2, -0.15) is 8.42 Å². The van der Waals surface area contributed by atoms with Crippen LogP contribution in [-0.2, 0) is 35.1 Å². The highest BCUT2D eigenvalue weighted by atomic mass is 32.2. The fraction of sp³-hybridized carbons (Fsp3) is 0.636. The molecule has 2 amide bonds. The van der Waals surface area contributed by atoms with Gasteiger partial charge in [0.25, 0.3) is 10.1 Å². The molecule has 186 valence electrons. The molecule has 0 radical (unpaired) electrons. The lowest BCUT2D eigenvalue weighted by Gasteiger charge is -2.35. The number of nitrogens with zero attached hydrogens (tertiary/aromatic N) is 1. The Bertz CT molecular complexity index is 912. The highest BCUT2D eigenvalue weighted by molar-refractivity contribution is 7.85. The van der Waals surface area contributed by atoms with E-state index in [9.17, 15) is 18.0 Å². The minimum absolute atomic E-state index is 0.0416. The molecular weight excluding hydrogens is 452 g/mol. The van der Waals surface area contributed by atoms with E-state index >= 15 is 0 Å². The van der Waals surface area contributed by atoms with E-state index in [2.05, 4.69) is 5.32 Å². The van der Waals surface area contributed by atoms with Gasteiger partial charge in [-0.05, 0) is 46.6 Å². The van der Waals surface area contributed by atoms with E-state index in [0.29, 0.717) is 0 Å². The van der Waals surface area contributed by atoms with Crippen LogP contribution in [0.4, 0.5) is 9.59 Å². The molecule has 33 heavy (non-hydrogen) atoms. The van der Waals surface area contributed by atoms with Crippen molar-refractivity contribution in [2.75, 3.05) is 19.4 Å². The number of amides is 2. The van der Waals surface area contributed by atoms with Crippen molar-refractivity contribution >= 4 is 22.3 Å². The molecule has 1 aliphatic heterocycles. The highest BCUT2D eigenvalue weighted by Crippen LogP contribution is 2.35. The monoisotopic (exact) mass is 486 g/mol. The first-order valence-corrected chi connectivity index (χ1v) is 12.5. The summed E-state index contributed by atoms with van der Waals surface area (Å²) in [6.07, 6.45) is -0.774. The summed E-state index contributed by atoms with van der Waals surface area (Å²) in [5, 5.41) is 2.65. The second kappa shape index (κ2) is 10.7. The van der Waals surface area contributed by atoms with E-state index < -0.39 is 45.8 Å². The van der Waals surface area contributed by atoms with Crippen LogP contribution < -0.4 is 5.32 Å². The molecule has 0 aliphatic carbocycles. The predicted octanol–water partition coefficient (Wildman–Crippen LogP) is 3.02. The van der Waals surface area contributed by atoms with E-state index in [1.807, 2.05) is 30.3 Å². The lowest BCUT2D eigenvalue weighted by atomic mass is 10.1. The topological polar surface area (TPSA) is 120 Å². The minimum Gasteiger partial charge on any atom is -0.445 e. The van der Waals surface area contributed by atoms with E-state index in [1.54, 1.807) is 34.6 Å². The third-order valence-electron chi connectivity index (χ3n) is 4.74. The molecule has 1 aliphatic rings. The largest absolute Gasteiger partial charge is 0.445 e. The molecule has 1 saturated heterocycles. The van der Waals surface area contributed by atoms with Crippen molar-refractivity contribution in [1.29, 1.82) is 0 Å². The Morgan fingerprint density at radius 1 is 1.18 bits per heavy atom. The van der Waals surface area contributed by atoms with Gasteiger partial charge in [0.2, 0.25) is 0 Å². The standard InChI is InChI=1S/C22H34N2O8S/c1-21(2,3)32-20(26)24-17(12-13-30-33(6,27)28)18(31-22(24,4)5)14-23-19(25)29-15-16-10-8-7-9-11-16/h7-11,17-18H,12-15H2,1-6H3,(H,23,25). The molecule has 2 atom stereocenters. The molecule has 1 N–H and O–H groups in total. The van der Waals surface area contributed by atoms with Crippen molar-refractivity contribution < 1.29 is 36.4 Å². The lowest BCUT2D eigenvalue weighted by Crippen LogP contribution is -2.51. The zero-order chi connectivity index (χ0) is 24.9. The number of carbonyl (C=O) groups is 2.